The van der Waals surface area contributed by atoms with E-state index in [0.29, 0.717) is 18.4 Å². The van der Waals surface area contributed by atoms with E-state index in [-0.39, 0.29) is 37.1 Å². The van der Waals surface area contributed by atoms with Crippen LogP contribution in [0.2, 0.25) is 0 Å². The number of fused-ring (bicyclic) bond motifs is 2. The molecule has 7 heteroatoms. The van der Waals surface area contributed by atoms with Gasteiger partial charge in [0, 0.05) is 35.6 Å². The number of hydrogen-bond acceptors (Lipinski definition) is 3. The van der Waals surface area contributed by atoms with Gasteiger partial charge in [-0.1, -0.05) is 40.2 Å². The van der Waals surface area contributed by atoms with Crippen LogP contribution in [0.15, 0.2) is 42.0 Å². The zero-order valence-electron chi connectivity index (χ0n) is 17.8. The normalized spacial score (nSPS) is 24.2. The zero-order valence-corrected chi connectivity index (χ0v) is 19.4. The molecule has 0 saturated carbocycles. The average Bonchev–Trinajstić information content (AvgIpc) is 3.10. The van der Waals surface area contributed by atoms with Crippen molar-refractivity contribution in [3.8, 4) is 5.75 Å². The maximum absolute atomic E-state index is 15.4. The molecule has 2 aromatic rings. The van der Waals surface area contributed by atoms with Gasteiger partial charge in [0.25, 0.3) is 0 Å². The highest BCUT2D eigenvalue weighted by Gasteiger charge is 2.47. The van der Waals surface area contributed by atoms with Gasteiger partial charge in [-0.25, -0.2) is 13.2 Å². The number of benzene rings is 2. The van der Waals surface area contributed by atoms with Gasteiger partial charge in [-0.05, 0) is 42.0 Å². The van der Waals surface area contributed by atoms with Gasteiger partial charge >= 0.3 is 0 Å². The van der Waals surface area contributed by atoms with E-state index in [1.165, 1.54) is 12.1 Å². The molecular weight excluding hydrogens is 483 g/mol. The third-order valence-electron chi connectivity index (χ3n) is 6.70. The summed E-state index contributed by atoms with van der Waals surface area (Å²) in [6.07, 6.45) is 1.32. The smallest absolute Gasteiger partial charge is 0.169 e. The first-order valence-electron chi connectivity index (χ1n) is 10.9. The minimum absolute atomic E-state index is 0.0133. The Morgan fingerprint density at radius 2 is 1.91 bits per heavy atom. The summed E-state index contributed by atoms with van der Waals surface area (Å²) >= 11 is 3.25. The maximum Gasteiger partial charge on any atom is 0.169 e. The average molecular weight is 508 g/mol. The fourth-order valence-corrected chi connectivity index (χ4v) is 5.38. The summed E-state index contributed by atoms with van der Waals surface area (Å²) in [5, 5.41) is 0.557. The van der Waals surface area contributed by atoms with E-state index < -0.39 is 23.3 Å². The molecule has 1 fully saturated rings. The molecule has 2 atom stereocenters. The van der Waals surface area contributed by atoms with E-state index >= 15 is 13.2 Å². The van der Waals surface area contributed by atoms with Crippen LogP contribution in [0.3, 0.4) is 0 Å². The molecule has 1 aliphatic carbocycles. The molecule has 2 heterocycles. The van der Waals surface area contributed by atoms with E-state index in [2.05, 4.69) is 28.1 Å². The van der Waals surface area contributed by atoms with Crippen LogP contribution in [0.4, 0.5) is 13.2 Å². The summed E-state index contributed by atoms with van der Waals surface area (Å²) in [5.74, 6) is -1.18. The molecular formula is C25H25BrF3NO2. The van der Waals surface area contributed by atoms with Crippen LogP contribution in [0.1, 0.15) is 36.1 Å². The Hall–Kier alpha value is -1.83. The van der Waals surface area contributed by atoms with Crippen molar-refractivity contribution in [2.45, 2.75) is 37.5 Å². The molecule has 0 radical (unpaired) electrons. The fourth-order valence-electron chi connectivity index (χ4n) is 5.22. The molecule has 2 aromatic carbocycles. The quantitative estimate of drug-likeness (QED) is 0.473. The Bertz CT molecular complexity index is 1050. The van der Waals surface area contributed by atoms with Crippen molar-refractivity contribution < 1.29 is 22.6 Å². The van der Waals surface area contributed by atoms with Crippen LogP contribution >= 0.6 is 15.9 Å². The van der Waals surface area contributed by atoms with Gasteiger partial charge in [-0.15, -0.1) is 0 Å². The van der Waals surface area contributed by atoms with Crippen LogP contribution in [-0.4, -0.2) is 48.3 Å². The van der Waals surface area contributed by atoms with Gasteiger partial charge in [0.15, 0.2) is 5.67 Å². The van der Waals surface area contributed by atoms with Gasteiger partial charge < -0.3 is 9.47 Å². The summed E-state index contributed by atoms with van der Waals surface area (Å²) in [4.78, 5) is 1.92. The lowest BCUT2D eigenvalue weighted by molar-refractivity contribution is -0.147. The highest BCUT2D eigenvalue weighted by atomic mass is 79.9. The molecule has 0 N–H and O–H groups in total. The van der Waals surface area contributed by atoms with Crippen LogP contribution in [-0.2, 0) is 11.2 Å². The van der Waals surface area contributed by atoms with Crippen LogP contribution in [0.5, 0.6) is 5.75 Å². The monoisotopic (exact) mass is 507 g/mol. The van der Waals surface area contributed by atoms with Crippen molar-refractivity contribution in [3.63, 3.8) is 0 Å². The van der Waals surface area contributed by atoms with Crippen LogP contribution < -0.4 is 4.74 Å². The predicted molar refractivity (Wildman–Crippen MR) is 121 cm³/mol. The second kappa shape index (κ2) is 8.50. The van der Waals surface area contributed by atoms with Crippen molar-refractivity contribution in [3.05, 3.63) is 70.3 Å². The van der Waals surface area contributed by atoms with E-state index in [1.807, 2.05) is 24.0 Å². The molecule has 0 amide bonds. The summed E-state index contributed by atoms with van der Waals surface area (Å²) in [6, 6.07) is 9.79. The van der Waals surface area contributed by atoms with Gasteiger partial charge in [0.2, 0.25) is 0 Å². The van der Waals surface area contributed by atoms with Gasteiger partial charge in [0.1, 0.15) is 17.4 Å². The lowest BCUT2D eigenvalue weighted by atomic mass is 9.83. The highest BCUT2D eigenvalue weighted by molar-refractivity contribution is 9.09. The number of rotatable bonds is 6. The zero-order chi connectivity index (χ0) is 22.5. The molecule has 5 rings (SSSR count). The van der Waals surface area contributed by atoms with Crippen molar-refractivity contribution in [2.24, 2.45) is 0 Å². The van der Waals surface area contributed by atoms with Gasteiger partial charge in [-0.3, -0.25) is 4.90 Å². The second-order valence-corrected chi connectivity index (χ2v) is 9.74. The number of hydrogen-bond donors (Lipinski definition) is 0. The topological polar surface area (TPSA) is 21.7 Å². The van der Waals surface area contributed by atoms with Crippen molar-refractivity contribution in [1.82, 2.24) is 4.90 Å². The van der Waals surface area contributed by atoms with Crippen LogP contribution in [0.25, 0.3) is 5.57 Å². The molecule has 2 aliphatic heterocycles. The van der Waals surface area contributed by atoms with Gasteiger partial charge in [0.05, 0.1) is 25.9 Å². The summed E-state index contributed by atoms with van der Waals surface area (Å²) < 4.78 is 56.6. The minimum Gasteiger partial charge on any atom is -0.493 e. The first kappa shape index (κ1) is 22.0. The van der Waals surface area contributed by atoms with E-state index in [0.717, 1.165) is 28.7 Å². The summed E-state index contributed by atoms with van der Waals surface area (Å²) in [5.41, 5.74) is 2.84. The third kappa shape index (κ3) is 3.78. The predicted octanol–water partition coefficient (Wildman–Crippen LogP) is 5.62. The van der Waals surface area contributed by atoms with E-state index in [4.69, 9.17) is 9.47 Å². The molecule has 0 unspecified atom stereocenters. The second-order valence-electron chi connectivity index (χ2n) is 8.95. The molecule has 170 valence electrons. The van der Waals surface area contributed by atoms with Crippen molar-refractivity contribution >= 4 is 21.5 Å². The number of nitrogens with zero attached hydrogens (tertiary/aromatic N) is 1. The van der Waals surface area contributed by atoms with Crippen molar-refractivity contribution in [2.75, 3.05) is 31.7 Å². The minimum atomic E-state index is -1.50. The molecule has 0 spiro atoms. The summed E-state index contributed by atoms with van der Waals surface area (Å²) in [6.45, 7) is 2.41. The third-order valence-corrected chi connectivity index (χ3v) is 7.02. The van der Waals surface area contributed by atoms with E-state index in [1.54, 1.807) is 0 Å². The van der Waals surface area contributed by atoms with Crippen molar-refractivity contribution in [1.29, 1.82) is 0 Å². The largest absolute Gasteiger partial charge is 0.493 e. The molecule has 32 heavy (non-hydrogen) atoms. The lowest BCUT2D eigenvalue weighted by Gasteiger charge is -2.47. The standard InChI is InChI=1S/C25H25BrF3NO2/c1-15-8-19-18-5-3-2-4-16(18)9-20(19)24(30(15)12-25(29)13-31-14-25)23-21(27)10-17(11-22(23)28)32-7-6-26/h2-5,10-11,15,24H,6-9,12-14H2,1H3/t15-,24+/m1/s1. The fraction of sp³-hybridized carbons (Fsp3) is 0.440. The number of ether oxygens (including phenoxy) is 2. The first-order valence-corrected chi connectivity index (χ1v) is 12.0. The Kier molecular flexibility index (Phi) is 5.84. The molecule has 0 bridgehead atoms. The summed E-state index contributed by atoms with van der Waals surface area (Å²) in [7, 11) is 0. The molecule has 3 nitrogen and oxygen atoms in total. The number of halogens is 4. The lowest BCUT2D eigenvalue weighted by Crippen LogP contribution is -2.57. The highest BCUT2D eigenvalue weighted by Crippen LogP contribution is 2.50. The molecule has 0 aromatic heterocycles. The first-order chi connectivity index (χ1) is 15.4. The van der Waals surface area contributed by atoms with Gasteiger partial charge in [-0.2, -0.15) is 0 Å². The molecule has 3 aliphatic rings. The maximum atomic E-state index is 15.4. The Balaban J connectivity index is 1.61. The van der Waals surface area contributed by atoms with E-state index in [9.17, 15) is 0 Å². The Morgan fingerprint density at radius 1 is 1.19 bits per heavy atom. The number of alkyl halides is 2. The van der Waals surface area contributed by atoms with Crippen LogP contribution in [0, 0.1) is 11.6 Å². The Morgan fingerprint density at radius 3 is 2.56 bits per heavy atom. The SMILES string of the molecule is C[C@@H]1CC2=C(Cc3ccccc32)[C@@H](c2c(F)cc(OCCBr)cc2F)N1CC1(F)COC1. The Labute approximate surface area is 194 Å². The molecule has 1 saturated heterocycles.